The normalized spacial score (nSPS) is 10.6. The first-order chi connectivity index (χ1) is 12.1. The molecule has 0 aliphatic rings. The molecule has 2 aromatic heterocycles. The number of methoxy groups -OCH3 is 1. The van der Waals surface area contributed by atoms with Crippen molar-refractivity contribution >= 4 is 17.7 Å². The number of nitrogens with zero attached hydrogens (tertiary/aromatic N) is 2. The maximum absolute atomic E-state index is 11.7. The van der Waals surface area contributed by atoms with E-state index in [1.165, 1.54) is 24.9 Å². The highest BCUT2D eigenvalue weighted by Gasteiger charge is 2.10. The van der Waals surface area contributed by atoms with Crippen LogP contribution in [-0.4, -0.2) is 28.2 Å². The Morgan fingerprint density at radius 1 is 1.24 bits per heavy atom. The van der Waals surface area contributed by atoms with E-state index in [-0.39, 0.29) is 12.0 Å². The molecule has 0 aliphatic heterocycles. The summed E-state index contributed by atoms with van der Waals surface area (Å²) in [5, 5.41) is 4.44. The fraction of sp³-hybridized carbons (Fsp3) is 0.176. The minimum Gasteiger partial charge on any atom is -0.469 e. The summed E-state index contributed by atoms with van der Waals surface area (Å²) in [5.41, 5.74) is 1.72. The molecule has 2 heterocycles. The predicted molar refractivity (Wildman–Crippen MR) is 92.1 cm³/mol. The first-order valence-electron chi connectivity index (χ1n) is 7.45. The van der Waals surface area contributed by atoms with Crippen LogP contribution < -0.4 is 5.56 Å². The monoisotopic (exact) mass is 357 g/mol. The zero-order chi connectivity index (χ0) is 17.6. The molecule has 0 bridgehead atoms. The van der Waals surface area contributed by atoms with Crippen LogP contribution in [0.4, 0.5) is 0 Å². The molecule has 0 radical (unpaired) electrons. The van der Waals surface area contributed by atoms with E-state index in [1.807, 2.05) is 36.4 Å². The van der Waals surface area contributed by atoms with Crippen molar-refractivity contribution in [2.75, 3.05) is 7.11 Å². The van der Waals surface area contributed by atoms with Crippen LogP contribution in [0.25, 0.3) is 11.3 Å². The molecule has 128 valence electrons. The molecule has 1 N–H and O–H groups in total. The third-order valence-corrected chi connectivity index (χ3v) is 4.21. The van der Waals surface area contributed by atoms with Crippen LogP contribution in [0.3, 0.4) is 0 Å². The molecule has 0 saturated carbocycles. The molecule has 25 heavy (non-hydrogen) atoms. The van der Waals surface area contributed by atoms with Crippen LogP contribution in [-0.2, 0) is 21.7 Å². The number of rotatable bonds is 6. The van der Waals surface area contributed by atoms with Crippen molar-refractivity contribution in [1.29, 1.82) is 0 Å². The molecular weight excluding hydrogens is 342 g/mol. The van der Waals surface area contributed by atoms with Crippen molar-refractivity contribution in [3.63, 3.8) is 0 Å². The van der Waals surface area contributed by atoms with Crippen LogP contribution in [0, 0.1) is 0 Å². The summed E-state index contributed by atoms with van der Waals surface area (Å²) in [7, 11) is 1.29. The molecular formula is C17H15N3O4S. The number of carbonyl (C=O) groups excluding carboxylic acids is 1. The lowest BCUT2D eigenvalue weighted by atomic mass is 10.2. The Morgan fingerprint density at radius 3 is 2.80 bits per heavy atom. The van der Waals surface area contributed by atoms with Gasteiger partial charge in [-0.3, -0.25) is 9.59 Å². The van der Waals surface area contributed by atoms with Gasteiger partial charge >= 0.3 is 5.97 Å². The predicted octanol–water partition coefficient (Wildman–Crippen LogP) is 2.43. The second-order valence-electron chi connectivity index (χ2n) is 5.13. The summed E-state index contributed by atoms with van der Waals surface area (Å²) >= 11 is 1.30. The van der Waals surface area contributed by atoms with Gasteiger partial charge in [0.15, 0.2) is 10.9 Å². The van der Waals surface area contributed by atoms with Crippen LogP contribution in [0.2, 0.25) is 0 Å². The number of carbonyl (C=O) groups is 1. The Bertz CT molecular complexity index is 921. The van der Waals surface area contributed by atoms with E-state index in [0.717, 1.165) is 11.3 Å². The summed E-state index contributed by atoms with van der Waals surface area (Å²) in [6.07, 6.45) is -0.0455. The number of benzene rings is 1. The summed E-state index contributed by atoms with van der Waals surface area (Å²) < 4.78 is 9.92. The van der Waals surface area contributed by atoms with Gasteiger partial charge in [-0.15, -0.1) is 0 Å². The highest BCUT2D eigenvalue weighted by molar-refractivity contribution is 7.98. The Hall–Kier alpha value is -2.87. The number of nitrogens with one attached hydrogen (secondary N) is 1. The second kappa shape index (κ2) is 7.80. The quantitative estimate of drug-likeness (QED) is 0.411. The van der Waals surface area contributed by atoms with Gasteiger partial charge in [0, 0.05) is 23.4 Å². The van der Waals surface area contributed by atoms with Gasteiger partial charge in [0.25, 0.3) is 5.56 Å². The highest BCUT2D eigenvalue weighted by atomic mass is 32.2. The average molecular weight is 357 g/mol. The minimum atomic E-state index is -0.446. The zero-order valence-electron chi connectivity index (χ0n) is 13.4. The molecule has 0 fully saturated rings. The zero-order valence-corrected chi connectivity index (χ0v) is 14.2. The fourth-order valence-corrected chi connectivity index (χ4v) is 2.90. The van der Waals surface area contributed by atoms with E-state index < -0.39 is 5.97 Å². The molecule has 0 unspecified atom stereocenters. The lowest BCUT2D eigenvalue weighted by molar-refractivity contribution is -0.139. The molecule has 0 spiro atoms. The molecule has 3 aromatic rings. The number of hydrogen-bond donors (Lipinski definition) is 1. The van der Waals surface area contributed by atoms with E-state index in [1.54, 1.807) is 0 Å². The Balaban J connectivity index is 1.69. The maximum Gasteiger partial charge on any atom is 0.311 e. The van der Waals surface area contributed by atoms with E-state index >= 15 is 0 Å². The van der Waals surface area contributed by atoms with E-state index in [0.29, 0.717) is 22.4 Å². The first kappa shape index (κ1) is 17.0. The summed E-state index contributed by atoms with van der Waals surface area (Å²) in [4.78, 5) is 29.9. The molecule has 0 saturated heterocycles. The summed E-state index contributed by atoms with van der Waals surface area (Å²) in [6, 6.07) is 12.8. The molecule has 1 aromatic carbocycles. The number of esters is 1. The number of H-pyrrole nitrogens is 1. The Morgan fingerprint density at radius 2 is 2.04 bits per heavy atom. The van der Waals surface area contributed by atoms with Crippen molar-refractivity contribution in [2.24, 2.45) is 0 Å². The Kier molecular flexibility index (Phi) is 5.30. The largest absolute Gasteiger partial charge is 0.469 e. The Labute approximate surface area is 147 Å². The molecule has 7 nitrogen and oxygen atoms in total. The van der Waals surface area contributed by atoms with Gasteiger partial charge in [-0.2, -0.15) is 0 Å². The molecule has 0 aliphatic carbocycles. The third kappa shape index (κ3) is 4.57. The van der Waals surface area contributed by atoms with Gasteiger partial charge in [0.1, 0.15) is 0 Å². The van der Waals surface area contributed by atoms with E-state index in [4.69, 9.17) is 4.52 Å². The number of ether oxygens (including phenoxy) is 1. The van der Waals surface area contributed by atoms with Crippen LogP contribution in [0.5, 0.6) is 0 Å². The standard InChI is InChI=1S/C17H15N3O4S/c1-23-16(22)9-12-8-15(21)19-17(18-12)25-10-13-7-14(24-20-13)11-5-3-2-4-6-11/h2-8H,9-10H2,1H3,(H,18,19,21). The molecule has 8 heteroatoms. The molecule has 3 rings (SSSR count). The molecule has 0 amide bonds. The smallest absolute Gasteiger partial charge is 0.311 e. The summed E-state index contributed by atoms with van der Waals surface area (Å²) in [6.45, 7) is 0. The van der Waals surface area contributed by atoms with Crippen molar-refractivity contribution < 1.29 is 14.1 Å². The lowest BCUT2D eigenvalue weighted by Gasteiger charge is -2.02. The SMILES string of the molecule is COC(=O)Cc1cc(=O)[nH]c(SCc2cc(-c3ccccc3)on2)n1. The average Bonchev–Trinajstić information content (AvgIpc) is 3.09. The minimum absolute atomic E-state index is 0.0455. The van der Waals surface area contributed by atoms with Gasteiger partial charge in [-0.1, -0.05) is 47.3 Å². The van der Waals surface area contributed by atoms with Crippen molar-refractivity contribution in [3.05, 3.63) is 64.2 Å². The topological polar surface area (TPSA) is 98.1 Å². The third-order valence-electron chi connectivity index (χ3n) is 3.30. The first-order valence-corrected chi connectivity index (χ1v) is 8.43. The van der Waals surface area contributed by atoms with E-state index in [2.05, 4.69) is 19.9 Å². The van der Waals surface area contributed by atoms with Crippen molar-refractivity contribution in [2.45, 2.75) is 17.3 Å². The number of aromatic amines is 1. The second-order valence-corrected chi connectivity index (χ2v) is 6.10. The van der Waals surface area contributed by atoms with Crippen molar-refractivity contribution in [3.8, 4) is 11.3 Å². The van der Waals surface area contributed by atoms with Crippen LogP contribution >= 0.6 is 11.8 Å². The van der Waals surface area contributed by atoms with Gasteiger partial charge in [-0.25, -0.2) is 4.98 Å². The van der Waals surface area contributed by atoms with Crippen LogP contribution in [0.1, 0.15) is 11.4 Å². The fourth-order valence-electron chi connectivity index (χ4n) is 2.12. The van der Waals surface area contributed by atoms with E-state index in [9.17, 15) is 9.59 Å². The number of hydrogen-bond acceptors (Lipinski definition) is 7. The lowest BCUT2D eigenvalue weighted by Crippen LogP contribution is -2.13. The summed E-state index contributed by atoms with van der Waals surface area (Å²) in [5.74, 6) is 0.705. The number of thioether (sulfide) groups is 1. The van der Waals surface area contributed by atoms with Gasteiger partial charge < -0.3 is 14.2 Å². The van der Waals surface area contributed by atoms with Gasteiger partial charge in [-0.05, 0) is 0 Å². The maximum atomic E-state index is 11.7. The molecule has 0 atom stereocenters. The highest BCUT2D eigenvalue weighted by Crippen LogP contribution is 2.23. The van der Waals surface area contributed by atoms with Gasteiger partial charge in [0.05, 0.1) is 24.9 Å². The number of aromatic nitrogens is 3. The van der Waals surface area contributed by atoms with Crippen molar-refractivity contribution in [1.82, 2.24) is 15.1 Å². The van der Waals surface area contributed by atoms with Crippen LogP contribution in [0.15, 0.2) is 56.9 Å². The van der Waals surface area contributed by atoms with Gasteiger partial charge in [0.2, 0.25) is 0 Å².